The van der Waals surface area contributed by atoms with Crippen molar-refractivity contribution in [1.29, 1.82) is 10.8 Å². The minimum atomic E-state index is -0.0326. The number of carbonyl (C=O) groups excluding carboxylic acids is 1. The van der Waals surface area contributed by atoms with Gasteiger partial charge >= 0.3 is 0 Å². The number of benzene rings is 2. The van der Waals surface area contributed by atoms with E-state index in [4.69, 9.17) is 10.8 Å². The van der Waals surface area contributed by atoms with Gasteiger partial charge < -0.3 is 10.6 Å². The normalized spacial score (nSPS) is 12.5. The fourth-order valence-corrected chi connectivity index (χ4v) is 3.50. The van der Waals surface area contributed by atoms with E-state index in [0.717, 1.165) is 5.69 Å². The van der Waals surface area contributed by atoms with Crippen LogP contribution in [0.2, 0.25) is 0 Å². The SMILES string of the molecule is CC(C)CC(=O)Nc1ccc(C(=N)N2C(=N)c3ccccc3Nc3ncccc32)cc1. The van der Waals surface area contributed by atoms with Crippen LogP contribution in [0.1, 0.15) is 31.4 Å². The molecule has 1 aromatic heterocycles. The summed E-state index contributed by atoms with van der Waals surface area (Å²) in [5.41, 5.74) is 3.39. The molecule has 0 radical (unpaired) electrons. The molecule has 2 aromatic carbocycles. The Labute approximate surface area is 181 Å². The second-order valence-corrected chi connectivity index (χ2v) is 7.80. The molecule has 0 bridgehead atoms. The highest BCUT2D eigenvalue weighted by Gasteiger charge is 2.28. The van der Waals surface area contributed by atoms with Crippen LogP contribution in [0.3, 0.4) is 0 Å². The first-order valence-corrected chi connectivity index (χ1v) is 10.1. The maximum atomic E-state index is 12.0. The van der Waals surface area contributed by atoms with E-state index in [1.165, 1.54) is 0 Å². The van der Waals surface area contributed by atoms with Crippen molar-refractivity contribution in [3.8, 4) is 0 Å². The maximum absolute atomic E-state index is 12.0. The third-order valence-corrected chi connectivity index (χ3v) is 4.95. The largest absolute Gasteiger partial charge is 0.338 e. The minimum Gasteiger partial charge on any atom is -0.338 e. The summed E-state index contributed by atoms with van der Waals surface area (Å²) in [5, 5.41) is 23.9. The molecular weight excluding hydrogens is 388 g/mol. The number of fused-ring (bicyclic) bond motifs is 2. The fourth-order valence-electron chi connectivity index (χ4n) is 3.50. The van der Waals surface area contributed by atoms with Gasteiger partial charge in [-0.05, 0) is 54.4 Å². The van der Waals surface area contributed by atoms with Crippen molar-refractivity contribution < 1.29 is 4.79 Å². The molecule has 1 aliphatic heterocycles. The molecule has 1 aliphatic rings. The number of amidine groups is 2. The summed E-state index contributed by atoms with van der Waals surface area (Å²) in [6, 6.07) is 18.3. The van der Waals surface area contributed by atoms with Crippen molar-refractivity contribution >= 4 is 40.5 Å². The van der Waals surface area contributed by atoms with Crippen LogP contribution in [-0.4, -0.2) is 22.6 Å². The highest BCUT2D eigenvalue weighted by atomic mass is 16.1. The third kappa shape index (κ3) is 4.16. The Bertz CT molecular complexity index is 1150. The topological polar surface area (TPSA) is 105 Å². The summed E-state index contributed by atoms with van der Waals surface area (Å²) in [4.78, 5) is 18.0. The van der Waals surface area contributed by atoms with Crippen LogP contribution in [0, 0.1) is 16.7 Å². The van der Waals surface area contributed by atoms with Crippen LogP contribution < -0.4 is 15.5 Å². The van der Waals surface area contributed by atoms with Crippen molar-refractivity contribution in [2.24, 2.45) is 5.92 Å². The molecule has 0 saturated carbocycles. The Kier molecular flexibility index (Phi) is 5.49. The second kappa shape index (κ2) is 8.39. The first kappa shape index (κ1) is 20.3. The van der Waals surface area contributed by atoms with E-state index in [1.54, 1.807) is 41.4 Å². The number of hydrogen-bond acceptors (Lipinski definition) is 5. The number of rotatable bonds is 4. The Balaban J connectivity index is 1.66. The minimum absolute atomic E-state index is 0.0326. The van der Waals surface area contributed by atoms with Gasteiger partial charge in [0.15, 0.2) is 5.82 Å². The number of anilines is 4. The van der Waals surface area contributed by atoms with Crippen LogP contribution in [0.15, 0.2) is 66.9 Å². The van der Waals surface area contributed by atoms with Gasteiger partial charge in [-0.25, -0.2) is 4.98 Å². The predicted octanol–water partition coefficient (Wildman–Crippen LogP) is 4.98. The second-order valence-electron chi connectivity index (χ2n) is 7.80. The molecule has 7 heteroatoms. The number of amides is 1. The van der Waals surface area contributed by atoms with Crippen LogP contribution in [0.4, 0.5) is 22.9 Å². The Morgan fingerprint density at radius 1 is 1.10 bits per heavy atom. The number of para-hydroxylation sites is 1. The zero-order chi connectivity index (χ0) is 22.0. The molecule has 0 aliphatic carbocycles. The summed E-state index contributed by atoms with van der Waals surface area (Å²) < 4.78 is 0. The molecule has 0 saturated heterocycles. The van der Waals surface area contributed by atoms with Crippen LogP contribution in [0.5, 0.6) is 0 Å². The molecule has 0 spiro atoms. The Morgan fingerprint density at radius 3 is 2.58 bits per heavy atom. The number of aromatic nitrogens is 1. The molecule has 4 rings (SSSR count). The zero-order valence-corrected chi connectivity index (χ0v) is 17.4. The average Bonchev–Trinajstić information content (AvgIpc) is 2.87. The molecule has 2 heterocycles. The van der Waals surface area contributed by atoms with E-state index in [1.807, 2.05) is 44.2 Å². The van der Waals surface area contributed by atoms with Gasteiger partial charge in [0.1, 0.15) is 11.7 Å². The predicted molar refractivity (Wildman–Crippen MR) is 125 cm³/mol. The van der Waals surface area contributed by atoms with Gasteiger partial charge in [-0.1, -0.05) is 26.0 Å². The molecule has 7 nitrogen and oxygen atoms in total. The highest BCUT2D eigenvalue weighted by molar-refractivity contribution is 6.30. The zero-order valence-electron chi connectivity index (χ0n) is 17.4. The number of pyridine rings is 1. The smallest absolute Gasteiger partial charge is 0.224 e. The molecule has 1 amide bonds. The van der Waals surface area contributed by atoms with Gasteiger partial charge in [-0.3, -0.25) is 20.5 Å². The fraction of sp³-hybridized carbons (Fsp3) is 0.167. The maximum Gasteiger partial charge on any atom is 0.224 e. The van der Waals surface area contributed by atoms with Crippen molar-refractivity contribution in [2.45, 2.75) is 20.3 Å². The lowest BCUT2D eigenvalue weighted by Gasteiger charge is -2.25. The number of nitrogens with one attached hydrogen (secondary N) is 4. The summed E-state index contributed by atoms with van der Waals surface area (Å²) >= 11 is 0. The third-order valence-electron chi connectivity index (χ3n) is 4.95. The number of hydrogen-bond donors (Lipinski definition) is 4. The van der Waals surface area contributed by atoms with Crippen molar-refractivity contribution in [1.82, 2.24) is 4.98 Å². The number of carbonyl (C=O) groups is 1. The summed E-state index contributed by atoms with van der Waals surface area (Å²) in [6.07, 6.45) is 2.14. The quantitative estimate of drug-likeness (QED) is 0.358. The monoisotopic (exact) mass is 412 g/mol. The van der Waals surface area contributed by atoms with Crippen molar-refractivity contribution in [3.63, 3.8) is 0 Å². The van der Waals surface area contributed by atoms with Gasteiger partial charge in [0.05, 0.1) is 11.4 Å². The Hall–Kier alpha value is -4.00. The van der Waals surface area contributed by atoms with Gasteiger partial charge in [0.25, 0.3) is 0 Å². The summed E-state index contributed by atoms with van der Waals surface area (Å²) in [5.74, 6) is 1.17. The van der Waals surface area contributed by atoms with Gasteiger partial charge in [0, 0.05) is 29.4 Å². The van der Waals surface area contributed by atoms with Gasteiger partial charge in [0.2, 0.25) is 5.91 Å². The molecule has 0 fully saturated rings. The van der Waals surface area contributed by atoms with Gasteiger partial charge in [-0.2, -0.15) is 0 Å². The lowest BCUT2D eigenvalue weighted by molar-refractivity contribution is -0.116. The standard InChI is InChI=1S/C24H24N6O/c1-15(2)14-21(31)28-17-11-9-16(10-12-17)22(25)30-20-8-5-13-27-24(20)29-19-7-4-3-6-18(19)23(30)26/h3-13,15,25-26H,14H2,1-2H3,(H,27,29)(H,28,31). The van der Waals surface area contributed by atoms with Crippen LogP contribution in [-0.2, 0) is 4.79 Å². The molecule has 4 N–H and O–H groups in total. The average molecular weight is 412 g/mol. The van der Waals surface area contributed by atoms with Crippen molar-refractivity contribution in [2.75, 3.05) is 15.5 Å². The van der Waals surface area contributed by atoms with Gasteiger partial charge in [-0.15, -0.1) is 0 Å². The van der Waals surface area contributed by atoms with E-state index < -0.39 is 0 Å². The molecule has 0 atom stereocenters. The highest BCUT2D eigenvalue weighted by Crippen LogP contribution is 2.34. The van der Waals surface area contributed by atoms with E-state index >= 15 is 0 Å². The molecule has 0 unspecified atom stereocenters. The first-order valence-electron chi connectivity index (χ1n) is 10.1. The molecular formula is C24H24N6O. The molecule has 31 heavy (non-hydrogen) atoms. The first-order chi connectivity index (χ1) is 14.9. The molecule has 156 valence electrons. The lowest BCUT2D eigenvalue weighted by atomic mass is 10.1. The lowest BCUT2D eigenvalue weighted by Crippen LogP contribution is -2.36. The van der Waals surface area contributed by atoms with E-state index in [-0.39, 0.29) is 23.5 Å². The summed E-state index contributed by atoms with van der Waals surface area (Å²) in [7, 11) is 0. The summed E-state index contributed by atoms with van der Waals surface area (Å²) in [6.45, 7) is 4.00. The van der Waals surface area contributed by atoms with Crippen LogP contribution in [0.25, 0.3) is 0 Å². The van der Waals surface area contributed by atoms with Crippen molar-refractivity contribution in [3.05, 3.63) is 78.0 Å². The van der Waals surface area contributed by atoms with E-state index in [9.17, 15) is 4.79 Å². The molecule has 3 aromatic rings. The van der Waals surface area contributed by atoms with E-state index in [2.05, 4.69) is 15.6 Å². The number of nitrogens with zero attached hydrogens (tertiary/aromatic N) is 2. The van der Waals surface area contributed by atoms with Crippen LogP contribution >= 0.6 is 0 Å². The Morgan fingerprint density at radius 2 is 1.84 bits per heavy atom. The van der Waals surface area contributed by atoms with E-state index in [0.29, 0.717) is 34.7 Å².